The van der Waals surface area contributed by atoms with Gasteiger partial charge in [-0.2, -0.15) is 0 Å². The minimum Gasteiger partial charge on any atom is -0.486 e. The summed E-state index contributed by atoms with van der Waals surface area (Å²) in [6.45, 7) is 10.00. The maximum atomic E-state index is 13.3. The first-order valence-electron chi connectivity index (χ1n) is 13.5. The van der Waals surface area contributed by atoms with Gasteiger partial charge >= 0.3 is 0 Å². The number of aromatic amines is 1. The van der Waals surface area contributed by atoms with Crippen molar-refractivity contribution in [2.45, 2.75) is 70.4 Å². The number of ketones is 1. The SMILES string of the molecule is CC(C)(C)[N+]1(C[C@@H]2CCc3c4c(n[nH][n+]3=O)C=CC(=O)C42)CC[CH]CC1Cc1cc2c(cn1)OCCO2. The lowest BCUT2D eigenvalue weighted by atomic mass is 9.70. The van der Waals surface area contributed by atoms with Gasteiger partial charge in [0.05, 0.1) is 52.6 Å². The molecular weight excluding hydrogens is 470 g/mol. The third kappa shape index (κ3) is 4.07. The Kier molecular flexibility index (Phi) is 5.93. The van der Waals surface area contributed by atoms with E-state index in [9.17, 15) is 9.70 Å². The van der Waals surface area contributed by atoms with E-state index < -0.39 is 0 Å². The van der Waals surface area contributed by atoms with Gasteiger partial charge in [-0.25, -0.2) is 0 Å². The van der Waals surface area contributed by atoms with E-state index in [0.29, 0.717) is 37.1 Å². The molecule has 0 aromatic carbocycles. The lowest BCUT2D eigenvalue weighted by Gasteiger charge is -2.57. The van der Waals surface area contributed by atoms with Crippen molar-refractivity contribution >= 4 is 11.9 Å². The van der Waals surface area contributed by atoms with Gasteiger partial charge < -0.3 is 14.0 Å². The number of rotatable bonds is 4. The fourth-order valence-corrected chi connectivity index (χ4v) is 7.17. The molecular formula is C28H36N5O4+2. The number of nitrogens with one attached hydrogen (secondary N) is 1. The molecule has 0 spiro atoms. The highest BCUT2D eigenvalue weighted by Crippen LogP contribution is 2.45. The highest BCUT2D eigenvalue weighted by molar-refractivity contribution is 6.02. The van der Waals surface area contributed by atoms with Gasteiger partial charge in [-0.3, -0.25) is 9.78 Å². The molecule has 1 N–H and O–H groups in total. The van der Waals surface area contributed by atoms with Crippen molar-refractivity contribution in [1.29, 1.82) is 0 Å². The second kappa shape index (κ2) is 9.04. The molecule has 37 heavy (non-hydrogen) atoms. The Hall–Kier alpha value is -3.07. The molecule has 2 aromatic rings. The van der Waals surface area contributed by atoms with Gasteiger partial charge in [0.2, 0.25) is 5.69 Å². The molecule has 3 unspecified atom stereocenters. The molecule has 195 valence electrons. The van der Waals surface area contributed by atoms with Crippen LogP contribution in [0.2, 0.25) is 0 Å². The second-order valence-corrected chi connectivity index (χ2v) is 11.9. The Morgan fingerprint density at radius 2 is 2.00 bits per heavy atom. The summed E-state index contributed by atoms with van der Waals surface area (Å²) in [4.78, 5) is 30.6. The van der Waals surface area contributed by atoms with Gasteiger partial charge in [0.15, 0.2) is 23.0 Å². The van der Waals surface area contributed by atoms with Crippen molar-refractivity contribution in [3.8, 4) is 11.5 Å². The molecule has 1 saturated heterocycles. The maximum absolute atomic E-state index is 13.3. The fourth-order valence-electron chi connectivity index (χ4n) is 7.17. The van der Waals surface area contributed by atoms with Gasteiger partial charge in [-0.1, -0.05) is 0 Å². The van der Waals surface area contributed by atoms with Crippen LogP contribution in [0.5, 0.6) is 11.5 Å². The lowest BCUT2D eigenvalue weighted by Crippen LogP contribution is -2.69. The highest BCUT2D eigenvalue weighted by atomic mass is 16.6. The Morgan fingerprint density at radius 1 is 1.19 bits per heavy atom. The van der Waals surface area contributed by atoms with Crippen molar-refractivity contribution < 1.29 is 23.3 Å². The van der Waals surface area contributed by atoms with Crippen LogP contribution < -0.4 is 14.0 Å². The van der Waals surface area contributed by atoms with Crippen LogP contribution in [0.25, 0.3) is 6.08 Å². The second-order valence-electron chi connectivity index (χ2n) is 11.9. The summed E-state index contributed by atoms with van der Waals surface area (Å²) in [6, 6.07) is 2.36. The van der Waals surface area contributed by atoms with Crippen LogP contribution in [0.1, 0.15) is 68.6 Å². The number of fused-ring (bicyclic) bond motifs is 1. The highest BCUT2D eigenvalue weighted by Gasteiger charge is 2.53. The Morgan fingerprint density at radius 3 is 2.81 bits per heavy atom. The van der Waals surface area contributed by atoms with Crippen molar-refractivity contribution in [3.63, 3.8) is 0 Å². The third-order valence-electron chi connectivity index (χ3n) is 9.04. The normalized spacial score (nSPS) is 28.6. The van der Waals surface area contributed by atoms with Crippen LogP contribution >= 0.6 is 0 Å². The van der Waals surface area contributed by atoms with Gasteiger partial charge in [-0.15, -0.1) is 0 Å². The topological polar surface area (TPSA) is 100 Å². The van der Waals surface area contributed by atoms with Crippen LogP contribution in [-0.4, -0.2) is 63.4 Å². The number of hydrogen-bond donors (Lipinski definition) is 1. The van der Waals surface area contributed by atoms with Crippen molar-refractivity contribution in [3.05, 3.63) is 52.3 Å². The van der Waals surface area contributed by atoms with Crippen LogP contribution in [0.4, 0.5) is 0 Å². The van der Waals surface area contributed by atoms with Crippen molar-refractivity contribution in [1.82, 2.24) is 15.3 Å². The molecule has 6 rings (SSSR count). The van der Waals surface area contributed by atoms with Crippen LogP contribution in [-0.2, 0) is 17.6 Å². The predicted octanol–water partition coefficient (Wildman–Crippen LogP) is 2.96. The van der Waals surface area contributed by atoms with Crippen molar-refractivity contribution in [2.75, 3.05) is 26.3 Å². The molecule has 0 saturated carbocycles. The average Bonchev–Trinajstić information content (AvgIpc) is 2.88. The summed E-state index contributed by atoms with van der Waals surface area (Å²) < 4.78 is 13.2. The number of quaternary nitrogens is 1. The number of pyridine rings is 1. The van der Waals surface area contributed by atoms with E-state index in [1.54, 1.807) is 18.3 Å². The molecule has 9 heteroatoms. The first kappa shape index (κ1) is 24.3. The van der Waals surface area contributed by atoms with E-state index in [4.69, 9.17) is 14.5 Å². The zero-order valence-corrected chi connectivity index (χ0v) is 21.9. The van der Waals surface area contributed by atoms with Gasteiger partial charge in [-0.05, 0) is 62.3 Å². The van der Waals surface area contributed by atoms with E-state index in [1.165, 1.54) is 0 Å². The molecule has 4 aliphatic rings. The van der Waals surface area contributed by atoms with E-state index in [-0.39, 0.29) is 23.2 Å². The van der Waals surface area contributed by atoms with E-state index in [1.807, 2.05) is 6.07 Å². The van der Waals surface area contributed by atoms with Crippen molar-refractivity contribution in [2.24, 2.45) is 5.92 Å². The first-order valence-corrected chi connectivity index (χ1v) is 13.5. The van der Waals surface area contributed by atoms with E-state index in [0.717, 1.165) is 70.5 Å². The quantitative estimate of drug-likeness (QED) is 0.506. The minimum atomic E-state index is -0.317. The maximum Gasteiger partial charge on any atom is 0.209 e. The Labute approximate surface area is 217 Å². The number of hydrogen-bond acceptors (Lipinski definition) is 6. The zero-order chi connectivity index (χ0) is 25.8. The Bertz CT molecular complexity index is 1310. The molecule has 4 heterocycles. The number of allylic oxidation sites excluding steroid dienone is 1. The third-order valence-corrected chi connectivity index (χ3v) is 9.04. The lowest BCUT2D eigenvalue weighted by molar-refractivity contribution is -0.997. The summed E-state index contributed by atoms with van der Waals surface area (Å²) in [7, 11) is 0. The fraction of sp³-hybridized carbons (Fsp3) is 0.571. The molecule has 1 radical (unpaired) electrons. The number of carbonyl (C=O) groups excluding carboxylic acids is 1. The number of nitrogens with zero attached hydrogens (tertiary/aromatic N) is 4. The number of H-pyrrole nitrogens is 1. The molecule has 2 aromatic heterocycles. The molecule has 1 fully saturated rings. The van der Waals surface area contributed by atoms with Gasteiger partial charge in [0.1, 0.15) is 13.2 Å². The van der Waals surface area contributed by atoms with E-state index in [2.05, 4.69) is 37.5 Å². The van der Waals surface area contributed by atoms with Gasteiger partial charge in [0, 0.05) is 36.3 Å². The monoisotopic (exact) mass is 506 g/mol. The number of aromatic nitrogens is 4. The summed E-state index contributed by atoms with van der Waals surface area (Å²) in [5, 5.41) is 6.79. The van der Waals surface area contributed by atoms with Gasteiger partial charge in [0.25, 0.3) is 0 Å². The summed E-state index contributed by atoms with van der Waals surface area (Å²) in [5.74, 6) is 1.40. The van der Waals surface area contributed by atoms with Crippen LogP contribution in [0.15, 0.2) is 18.3 Å². The summed E-state index contributed by atoms with van der Waals surface area (Å²) in [5.41, 5.74) is 3.19. The smallest absolute Gasteiger partial charge is 0.209 e. The largest absolute Gasteiger partial charge is 0.486 e. The molecule has 0 amide bonds. The predicted molar refractivity (Wildman–Crippen MR) is 137 cm³/mol. The Balaban J connectivity index is 1.35. The standard InChI is InChI=1S/C28H35N5O4/c1-28(2,3)33(11-5-4-6-20(33)14-19-15-24-25(16-29-19)37-13-12-36-24)17-18-7-9-22-27-21(30-31-32(22)35)8-10-23(34)26(18)27/h4,8,10,15-16,18,20,26H,5-7,9,11-14,17H2,1-3H3/q+1/p+1/t18-,20?,26?,33?/m0/s1. The zero-order valence-electron chi connectivity index (χ0n) is 21.9. The molecule has 2 aliphatic carbocycles. The minimum absolute atomic E-state index is 0.0371. The average molecular weight is 507 g/mol. The van der Waals surface area contributed by atoms with Crippen LogP contribution in [0, 0.1) is 17.2 Å². The van der Waals surface area contributed by atoms with Crippen LogP contribution in [0.3, 0.4) is 0 Å². The number of ether oxygens (including phenoxy) is 2. The molecule has 9 nitrogen and oxygen atoms in total. The summed E-state index contributed by atoms with van der Waals surface area (Å²) >= 11 is 0. The van der Waals surface area contributed by atoms with E-state index >= 15 is 0 Å². The molecule has 4 atom stereocenters. The molecule has 2 aliphatic heterocycles. The number of likely N-dealkylation sites (tertiary alicyclic amines) is 1. The number of piperidine rings is 1. The number of carbonyl (C=O) groups is 1. The first-order chi connectivity index (χ1) is 17.8. The summed E-state index contributed by atoms with van der Waals surface area (Å²) in [6.07, 6.45) is 11.9. The molecule has 0 bridgehead atoms.